The maximum Gasteiger partial charge on any atom is 0.278 e. The molecule has 1 N–H and O–H groups in total. The van der Waals surface area contributed by atoms with Crippen LogP contribution in [-0.4, -0.2) is 25.8 Å². The standard InChI is InChI=1S/C24H22F2N4O2S/c1-14(2)30-23(32)22-21(17(12-29(22)3)15-7-5-4-6-8-15)28-24(30)33-13-20(31)27-19-10-9-16(25)11-18(19)26/h4-12,14H,13H2,1-3H3,(H,27,31). The Morgan fingerprint density at radius 2 is 1.88 bits per heavy atom. The molecule has 170 valence electrons. The van der Waals surface area contributed by atoms with Crippen LogP contribution in [-0.2, 0) is 11.8 Å². The second kappa shape index (κ2) is 9.19. The number of fused-ring (bicyclic) bond motifs is 1. The Bertz CT molecular complexity index is 1400. The fraction of sp³-hybridized carbons (Fsp3) is 0.208. The summed E-state index contributed by atoms with van der Waals surface area (Å²) in [5.41, 5.74) is 2.47. The molecule has 4 rings (SSSR count). The van der Waals surface area contributed by atoms with Crippen molar-refractivity contribution < 1.29 is 13.6 Å². The van der Waals surface area contributed by atoms with E-state index >= 15 is 0 Å². The molecule has 0 aliphatic rings. The van der Waals surface area contributed by atoms with Crippen LogP contribution in [0.1, 0.15) is 19.9 Å². The number of amides is 1. The summed E-state index contributed by atoms with van der Waals surface area (Å²) in [6, 6.07) is 12.4. The summed E-state index contributed by atoms with van der Waals surface area (Å²) in [6.07, 6.45) is 1.87. The number of halogens is 2. The average molecular weight is 469 g/mol. The fourth-order valence-electron chi connectivity index (χ4n) is 3.62. The van der Waals surface area contributed by atoms with E-state index in [0.29, 0.717) is 22.3 Å². The van der Waals surface area contributed by atoms with E-state index in [1.165, 1.54) is 0 Å². The topological polar surface area (TPSA) is 68.9 Å². The Morgan fingerprint density at radius 1 is 1.15 bits per heavy atom. The SMILES string of the molecule is CC(C)n1c(SCC(=O)Nc2ccc(F)cc2F)nc2c(-c3ccccc3)cn(C)c2c1=O. The first-order chi connectivity index (χ1) is 15.8. The van der Waals surface area contributed by atoms with E-state index in [2.05, 4.69) is 5.32 Å². The fourth-order valence-corrected chi connectivity index (χ4v) is 4.54. The normalized spacial score (nSPS) is 11.3. The molecule has 0 aliphatic heterocycles. The third-order valence-corrected chi connectivity index (χ3v) is 6.08. The lowest BCUT2D eigenvalue weighted by atomic mass is 10.1. The van der Waals surface area contributed by atoms with Crippen LogP contribution in [0.3, 0.4) is 0 Å². The number of aromatic nitrogens is 3. The first-order valence-electron chi connectivity index (χ1n) is 10.3. The summed E-state index contributed by atoms with van der Waals surface area (Å²) < 4.78 is 30.3. The van der Waals surface area contributed by atoms with Crippen molar-refractivity contribution in [2.45, 2.75) is 25.0 Å². The van der Waals surface area contributed by atoms with Crippen LogP contribution in [0.4, 0.5) is 14.5 Å². The monoisotopic (exact) mass is 468 g/mol. The Labute approximate surface area is 193 Å². The van der Waals surface area contributed by atoms with Crippen molar-refractivity contribution in [3.05, 3.63) is 76.7 Å². The number of nitrogens with one attached hydrogen (secondary N) is 1. The van der Waals surface area contributed by atoms with Gasteiger partial charge in [-0.15, -0.1) is 0 Å². The van der Waals surface area contributed by atoms with Gasteiger partial charge < -0.3 is 9.88 Å². The highest BCUT2D eigenvalue weighted by Crippen LogP contribution is 2.30. The minimum absolute atomic E-state index is 0.102. The highest BCUT2D eigenvalue weighted by atomic mass is 32.2. The van der Waals surface area contributed by atoms with E-state index in [4.69, 9.17) is 4.98 Å². The van der Waals surface area contributed by atoms with Gasteiger partial charge in [-0.05, 0) is 31.5 Å². The minimum Gasteiger partial charge on any atom is -0.344 e. The van der Waals surface area contributed by atoms with Gasteiger partial charge in [0.05, 0.1) is 11.4 Å². The summed E-state index contributed by atoms with van der Waals surface area (Å²) in [5, 5.41) is 2.82. The predicted octanol–water partition coefficient (Wildman–Crippen LogP) is 4.99. The Kier molecular flexibility index (Phi) is 6.33. The smallest absolute Gasteiger partial charge is 0.278 e. The van der Waals surface area contributed by atoms with Gasteiger partial charge in [0.2, 0.25) is 5.91 Å². The number of carbonyl (C=O) groups excluding carboxylic acids is 1. The maximum atomic E-state index is 13.9. The maximum absolute atomic E-state index is 13.9. The van der Waals surface area contributed by atoms with Gasteiger partial charge in [-0.1, -0.05) is 42.1 Å². The quantitative estimate of drug-likeness (QED) is 0.320. The molecule has 1 amide bonds. The minimum atomic E-state index is -0.858. The van der Waals surface area contributed by atoms with E-state index in [0.717, 1.165) is 35.0 Å². The molecule has 2 aromatic carbocycles. The van der Waals surface area contributed by atoms with Gasteiger partial charge in [-0.25, -0.2) is 13.8 Å². The van der Waals surface area contributed by atoms with Crippen molar-refractivity contribution in [2.24, 2.45) is 7.05 Å². The lowest BCUT2D eigenvalue weighted by Crippen LogP contribution is -2.26. The van der Waals surface area contributed by atoms with Crippen LogP contribution in [0, 0.1) is 11.6 Å². The van der Waals surface area contributed by atoms with Crippen LogP contribution in [0.5, 0.6) is 0 Å². The number of rotatable bonds is 6. The second-order valence-electron chi connectivity index (χ2n) is 7.84. The Hall–Kier alpha value is -3.46. The molecule has 6 nitrogen and oxygen atoms in total. The van der Waals surface area contributed by atoms with Gasteiger partial charge in [0.1, 0.15) is 22.7 Å². The molecule has 0 unspecified atom stereocenters. The van der Waals surface area contributed by atoms with Gasteiger partial charge in [-0.2, -0.15) is 0 Å². The largest absolute Gasteiger partial charge is 0.344 e. The molecule has 0 fully saturated rings. The van der Waals surface area contributed by atoms with Crippen LogP contribution in [0.2, 0.25) is 0 Å². The zero-order chi connectivity index (χ0) is 23.7. The predicted molar refractivity (Wildman–Crippen MR) is 127 cm³/mol. The van der Waals surface area contributed by atoms with E-state index in [1.807, 2.05) is 50.4 Å². The summed E-state index contributed by atoms with van der Waals surface area (Å²) >= 11 is 1.09. The van der Waals surface area contributed by atoms with Gasteiger partial charge in [-0.3, -0.25) is 14.2 Å². The van der Waals surface area contributed by atoms with Crippen LogP contribution in [0.25, 0.3) is 22.2 Å². The number of nitrogens with zero attached hydrogens (tertiary/aromatic N) is 3. The molecule has 0 bridgehead atoms. The highest BCUT2D eigenvalue weighted by Gasteiger charge is 2.21. The molecule has 33 heavy (non-hydrogen) atoms. The third-order valence-electron chi connectivity index (χ3n) is 5.13. The van der Waals surface area contributed by atoms with Gasteiger partial charge in [0.15, 0.2) is 5.16 Å². The van der Waals surface area contributed by atoms with Crippen molar-refractivity contribution in [3.63, 3.8) is 0 Å². The van der Waals surface area contributed by atoms with E-state index in [1.54, 1.807) is 16.2 Å². The molecule has 2 aromatic heterocycles. The van der Waals surface area contributed by atoms with Crippen molar-refractivity contribution in [1.29, 1.82) is 0 Å². The molecule has 0 aliphatic carbocycles. The number of benzene rings is 2. The van der Waals surface area contributed by atoms with Crippen molar-refractivity contribution in [3.8, 4) is 11.1 Å². The number of thioether (sulfide) groups is 1. The molecule has 4 aromatic rings. The van der Waals surface area contributed by atoms with Crippen molar-refractivity contribution in [2.75, 3.05) is 11.1 Å². The summed E-state index contributed by atoms with van der Waals surface area (Å²) in [4.78, 5) is 30.6. The lowest BCUT2D eigenvalue weighted by molar-refractivity contribution is -0.113. The average Bonchev–Trinajstić information content (AvgIpc) is 3.11. The van der Waals surface area contributed by atoms with Crippen LogP contribution < -0.4 is 10.9 Å². The van der Waals surface area contributed by atoms with E-state index < -0.39 is 17.5 Å². The van der Waals surface area contributed by atoms with Crippen molar-refractivity contribution >= 4 is 34.4 Å². The second-order valence-corrected chi connectivity index (χ2v) is 8.78. The summed E-state index contributed by atoms with van der Waals surface area (Å²) in [6.45, 7) is 3.74. The summed E-state index contributed by atoms with van der Waals surface area (Å²) in [5.74, 6) is -2.18. The number of hydrogen-bond acceptors (Lipinski definition) is 4. The number of aryl methyl sites for hydroxylation is 1. The Morgan fingerprint density at radius 3 is 2.55 bits per heavy atom. The Balaban J connectivity index is 1.69. The van der Waals surface area contributed by atoms with Gasteiger partial charge in [0, 0.05) is 30.9 Å². The third kappa shape index (κ3) is 4.54. The number of hydrogen-bond donors (Lipinski definition) is 1. The van der Waals surface area contributed by atoms with E-state index in [-0.39, 0.29) is 23.0 Å². The first-order valence-corrected chi connectivity index (χ1v) is 11.3. The molecular formula is C24H22F2N4O2S. The molecular weight excluding hydrogens is 446 g/mol. The lowest BCUT2D eigenvalue weighted by Gasteiger charge is -2.16. The van der Waals surface area contributed by atoms with Gasteiger partial charge >= 0.3 is 0 Å². The number of anilines is 1. The highest BCUT2D eigenvalue weighted by molar-refractivity contribution is 7.99. The van der Waals surface area contributed by atoms with Crippen LogP contribution >= 0.6 is 11.8 Å². The molecule has 0 radical (unpaired) electrons. The zero-order valence-electron chi connectivity index (χ0n) is 18.3. The molecule has 2 heterocycles. The molecule has 0 atom stereocenters. The van der Waals surface area contributed by atoms with Crippen molar-refractivity contribution in [1.82, 2.24) is 14.1 Å². The molecule has 9 heteroatoms. The van der Waals surface area contributed by atoms with E-state index in [9.17, 15) is 18.4 Å². The molecule has 0 saturated heterocycles. The summed E-state index contributed by atoms with van der Waals surface area (Å²) in [7, 11) is 1.81. The molecule has 0 saturated carbocycles. The molecule has 0 spiro atoms. The number of carbonyl (C=O) groups is 1. The zero-order valence-corrected chi connectivity index (χ0v) is 19.1. The first kappa shape index (κ1) is 22.7. The van der Waals surface area contributed by atoms with Gasteiger partial charge in [0.25, 0.3) is 5.56 Å². The van der Waals surface area contributed by atoms with Crippen LogP contribution in [0.15, 0.2) is 64.7 Å².